The predicted octanol–water partition coefficient (Wildman–Crippen LogP) is 4.75. The van der Waals surface area contributed by atoms with Gasteiger partial charge in [0.15, 0.2) is 16.7 Å². The molecular formula is C21H29N3O3S. The minimum Gasteiger partial charge on any atom is -0.493 e. The number of methoxy groups -OCH3 is 2. The predicted molar refractivity (Wildman–Crippen MR) is 113 cm³/mol. The molecule has 2 aromatic rings. The minimum absolute atomic E-state index is 0.0616. The first-order valence-corrected chi connectivity index (χ1v) is 10.6. The summed E-state index contributed by atoms with van der Waals surface area (Å²) in [5.74, 6) is 1.16. The monoisotopic (exact) mass is 403 g/mol. The number of hydrogen-bond donors (Lipinski definition) is 1. The first-order valence-electron chi connectivity index (χ1n) is 9.69. The molecule has 152 valence electrons. The fourth-order valence-corrected chi connectivity index (χ4v) is 4.71. The van der Waals surface area contributed by atoms with Gasteiger partial charge in [-0.25, -0.2) is 4.98 Å². The maximum atomic E-state index is 12.8. The number of aryl methyl sites for hydroxylation is 1. The van der Waals surface area contributed by atoms with Crippen molar-refractivity contribution in [3.63, 3.8) is 0 Å². The number of carbonyl (C=O) groups is 1. The SMILES string of the molecule is COc1ccc(NC(=O)C(C)Sc2nc(C)c(C)n2C2CCCC2)cc1OC. The van der Waals surface area contributed by atoms with Crippen molar-refractivity contribution < 1.29 is 14.3 Å². The number of aromatic nitrogens is 2. The van der Waals surface area contributed by atoms with Crippen molar-refractivity contribution in [3.8, 4) is 11.5 Å². The molecule has 1 aromatic carbocycles. The Morgan fingerprint density at radius 3 is 2.54 bits per heavy atom. The van der Waals surface area contributed by atoms with Gasteiger partial charge in [0.2, 0.25) is 5.91 Å². The summed E-state index contributed by atoms with van der Waals surface area (Å²) in [4.78, 5) is 17.5. The molecule has 28 heavy (non-hydrogen) atoms. The molecule has 1 unspecified atom stereocenters. The number of benzene rings is 1. The largest absolute Gasteiger partial charge is 0.493 e. The number of hydrogen-bond acceptors (Lipinski definition) is 5. The van der Waals surface area contributed by atoms with Crippen LogP contribution in [0.15, 0.2) is 23.4 Å². The van der Waals surface area contributed by atoms with E-state index in [9.17, 15) is 4.79 Å². The third kappa shape index (κ3) is 4.29. The van der Waals surface area contributed by atoms with E-state index in [1.807, 2.05) is 19.9 Å². The Morgan fingerprint density at radius 1 is 1.21 bits per heavy atom. The van der Waals surface area contributed by atoms with E-state index in [1.54, 1.807) is 26.4 Å². The van der Waals surface area contributed by atoms with Crippen molar-refractivity contribution >= 4 is 23.4 Å². The lowest BCUT2D eigenvalue weighted by Crippen LogP contribution is -2.23. The van der Waals surface area contributed by atoms with Gasteiger partial charge in [0, 0.05) is 23.5 Å². The standard InChI is InChI=1S/C21H29N3O3S/c1-13-14(2)24(17-8-6-7-9-17)21(22-13)28-15(3)20(25)23-16-10-11-18(26-4)19(12-16)27-5/h10-12,15,17H,6-9H2,1-5H3,(H,23,25). The number of nitrogens with zero attached hydrogens (tertiary/aromatic N) is 2. The fourth-order valence-electron chi connectivity index (χ4n) is 3.64. The topological polar surface area (TPSA) is 65.4 Å². The maximum absolute atomic E-state index is 12.8. The number of rotatable bonds is 7. The van der Waals surface area contributed by atoms with Crippen LogP contribution < -0.4 is 14.8 Å². The van der Waals surface area contributed by atoms with Crippen LogP contribution in [0.3, 0.4) is 0 Å². The number of imidazole rings is 1. The molecule has 1 amide bonds. The third-order valence-electron chi connectivity index (χ3n) is 5.35. The van der Waals surface area contributed by atoms with E-state index < -0.39 is 0 Å². The van der Waals surface area contributed by atoms with E-state index in [1.165, 1.54) is 43.1 Å². The molecule has 1 heterocycles. The zero-order chi connectivity index (χ0) is 20.3. The van der Waals surface area contributed by atoms with Gasteiger partial charge >= 0.3 is 0 Å². The molecule has 1 atom stereocenters. The molecule has 6 nitrogen and oxygen atoms in total. The normalized spacial score (nSPS) is 15.5. The van der Waals surface area contributed by atoms with Crippen LogP contribution in [0.1, 0.15) is 50.0 Å². The summed E-state index contributed by atoms with van der Waals surface area (Å²) >= 11 is 1.52. The Labute approximate surface area is 171 Å². The lowest BCUT2D eigenvalue weighted by atomic mass is 10.2. The Balaban J connectivity index is 1.72. The highest BCUT2D eigenvalue weighted by Gasteiger charge is 2.26. The number of carbonyl (C=O) groups excluding carboxylic acids is 1. The molecule has 0 aliphatic heterocycles. The Hall–Kier alpha value is -2.15. The quantitative estimate of drug-likeness (QED) is 0.676. The molecule has 1 aliphatic rings. The average Bonchev–Trinajstić information content (AvgIpc) is 3.30. The molecule has 0 bridgehead atoms. The van der Waals surface area contributed by atoms with Crippen LogP contribution in [0.4, 0.5) is 5.69 Å². The van der Waals surface area contributed by atoms with Crippen molar-refractivity contribution in [2.45, 2.75) is 62.9 Å². The van der Waals surface area contributed by atoms with E-state index in [4.69, 9.17) is 14.5 Å². The summed E-state index contributed by atoms with van der Waals surface area (Å²) in [6.07, 6.45) is 4.91. The summed E-state index contributed by atoms with van der Waals surface area (Å²) in [5.41, 5.74) is 2.94. The highest BCUT2D eigenvalue weighted by Crippen LogP contribution is 2.36. The van der Waals surface area contributed by atoms with Crippen molar-refractivity contribution in [2.75, 3.05) is 19.5 Å². The second kappa shape index (κ2) is 8.90. The smallest absolute Gasteiger partial charge is 0.237 e. The number of ether oxygens (including phenoxy) is 2. The Morgan fingerprint density at radius 2 is 1.89 bits per heavy atom. The van der Waals surface area contributed by atoms with E-state index >= 15 is 0 Å². The van der Waals surface area contributed by atoms with Gasteiger partial charge in [-0.3, -0.25) is 4.79 Å². The molecule has 1 saturated carbocycles. The van der Waals surface area contributed by atoms with Crippen LogP contribution in [-0.4, -0.2) is 34.9 Å². The van der Waals surface area contributed by atoms with E-state index in [0.29, 0.717) is 23.2 Å². The van der Waals surface area contributed by atoms with Gasteiger partial charge < -0.3 is 19.4 Å². The highest BCUT2D eigenvalue weighted by molar-refractivity contribution is 8.00. The number of nitrogens with one attached hydrogen (secondary N) is 1. The summed E-state index contributed by atoms with van der Waals surface area (Å²) in [5, 5.41) is 3.64. The first-order chi connectivity index (χ1) is 13.4. The zero-order valence-electron chi connectivity index (χ0n) is 17.2. The van der Waals surface area contributed by atoms with Gasteiger partial charge in [-0.1, -0.05) is 24.6 Å². The molecule has 0 spiro atoms. The summed E-state index contributed by atoms with van der Waals surface area (Å²) in [6.45, 7) is 6.08. The maximum Gasteiger partial charge on any atom is 0.237 e. The van der Waals surface area contributed by atoms with Gasteiger partial charge in [-0.05, 0) is 45.7 Å². The summed E-state index contributed by atoms with van der Waals surface area (Å²) in [6, 6.07) is 5.86. The molecular weight excluding hydrogens is 374 g/mol. The minimum atomic E-state index is -0.269. The van der Waals surface area contributed by atoms with Gasteiger partial charge in [-0.15, -0.1) is 0 Å². The molecule has 0 saturated heterocycles. The molecule has 1 fully saturated rings. The van der Waals surface area contributed by atoms with E-state index in [2.05, 4.69) is 16.8 Å². The average molecular weight is 404 g/mol. The lowest BCUT2D eigenvalue weighted by Gasteiger charge is -2.19. The summed E-state index contributed by atoms with van der Waals surface area (Å²) in [7, 11) is 3.17. The zero-order valence-corrected chi connectivity index (χ0v) is 18.1. The summed E-state index contributed by atoms with van der Waals surface area (Å²) < 4.78 is 12.9. The van der Waals surface area contributed by atoms with Crippen LogP contribution >= 0.6 is 11.8 Å². The van der Waals surface area contributed by atoms with E-state index in [-0.39, 0.29) is 11.2 Å². The van der Waals surface area contributed by atoms with Gasteiger partial charge in [0.1, 0.15) is 0 Å². The van der Waals surface area contributed by atoms with Crippen molar-refractivity contribution in [1.82, 2.24) is 9.55 Å². The molecule has 1 aromatic heterocycles. The Bertz CT molecular complexity index is 844. The Kier molecular flexibility index (Phi) is 6.54. The van der Waals surface area contributed by atoms with Crippen LogP contribution in [0.25, 0.3) is 0 Å². The van der Waals surface area contributed by atoms with Crippen LogP contribution in [0.5, 0.6) is 11.5 Å². The lowest BCUT2D eigenvalue weighted by molar-refractivity contribution is -0.115. The number of amides is 1. The fraction of sp³-hybridized carbons (Fsp3) is 0.524. The highest BCUT2D eigenvalue weighted by atomic mass is 32.2. The number of anilines is 1. The van der Waals surface area contributed by atoms with Crippen LogP contribution in [-0.2, 0) is 4.79 Å². The van der Waals surface area contributed by atoms with Crippen molar-refractivity contribution in [3.05, 3.63) is 29.6 Å². The molecule has 1 N–H and O–H groups in total. The molecule has 7 heteroatoms. The van der Waals surface area contributed by atoms with Crippen molar-refractivity contribution in [2.24, 2.45) is 0 Å². The van der Waals surface area contributed by atoms with Crippen LogP contribution in [0.2, 0.25) is 0 Å². The molecule has 0 radical (unpaired) electrons. The van der Waals surface area contributed by atoms with Crippen molar-refractivity contribution in [1.29, 1.82) is 0 Å². The first kappa shape index (κ1) is 20.6. The number of thioether (sulfide) groups is 1. The van der Waals surface area contributed by atoms with E-state index in [0.717, 1.165) is 10.9 Å². The molecule has 3 rings (SSSR count). The third-order valence-corrected chi connectivity index (χ3v) is 6.41. The van der Waals surface area contributed by atoms with Gasteiger partial charge in [0.05, 0.1) is 25.2 Å². The second-order valence-corrected chi connectivity index (χ2v) is 8.50. The van der Waals surface area contributed by atoms with Crippen LogP contribution in [0, 0.1) is 13.8 Å². The van der Waals surface area contributed by atoms with Gasteiger partial charge in [-0.2, -0.15) is 0 Å². The molecule has 1 aliphatic carbocycles. The van der Waals surface area contributed by atoms with Gasteiger partial charge in [0.25, 0.3) is 0 Å². The second-order valence-electron chi connectivity index (χ2n) is 7.19.